The molecular weight excluding hydrogens is 458 g/mol. The Balaban J connectivity index is 0.00000261. The van der Waals surface area contributed by atoms with Gasteiger partial charge in [0.05, 0.1) is 5.69 Å². The second-order valence-electron chi connectivity index (χ2n) is 6.28. The molecular formula is C20H26FIN4O. The van der Waals surface area contributed by atoms with Gasteiger partial charge in [0.2, 0.25) is 0 Å². The first-order valence-corrected chi connectivity index (χ1v) is 8.91. The number of aliphatic imine (C=N–C) groups is 1. The van der Waals surface area contributed by atoms with Crippen molar-refractivity contribution in [2.24, 2.45) is 4.99 Å². The van der Waals surface area contributed by atoms with E-state index in [1.165, 1.54) is 6.07 Å². The van der Waals surface area contributed by atoms with Crippen LogP contribution in [0.15, 0.2) is 53.5 Å². The zero-order chi connectivity index (χ0) is 18.4. The van der Waals surface area contributed by atoms with E-state index < -0.39 is 0 Å². The van der Waals surface area contributed by atoms with Gasteiger partial charge in [-0.25, -0.2) is 4.39 Å². The van der Waals surface area contributed by atoms with Crippen molar-refractivity contribution in [1.29, 1.82) is 0 Å². The molecule has 0 aromatic heterocycles. The van der Waals surface area contributed by atoms with Gasteiger partial charge in [-0.1, -0.05) is 30.3 Å². The van der Waals surface area contributed by atoms with Crippen LogP contribution in [0.5, 0.6) is 5.75 Å². The van der Waals surface area contributed by atoms with Crippen LogP contribution < -0.4 is 10.2 Å². The molecule has 1 fully saturated rings. The summed E-state index contributed by atoms with van der Waals surface area (Å²) in [6.45, 7) is 3.88. The Morgan fingerprint density at radius 3 is 2.41 bits per heavy atom. The molecule has 0 amide bonds. The lowest BCUT2D eigenvalue weighted by molar-refractivity contribution is 0.370. The molecule has 2 aromatic carbocycles. The van der Waals surface area contributed by atoms with Crippen molar-refractivity contribution in [1.82, 2.24) is 10.2 Å². The van der Waals surface area contributed by atoms with Crippen molar-refractivity contribution >= 4 is 35.6 Å². The van der Waals surface area contributed by atoms with Gasteiger partial charge in [0.1, 0.15) is 11.6 Å². The van der Waals surface area contributed by atoms with Crippen molar-refractivity contribution in [3.05, 3.63) is 59.9 Å². The first-order chi connectivity index (χ1) is 12.7. The van der Waals surface area contributed by atoms with Crippen molar-refractivity contribution < 1.29 is 9.50 Å². The van der Waals surface area contributed by atoms with Crippen molar-refractivity contribution in [2.45, 2.75) is 6.42 Å². The standard InChI is InChI=1S/C20H25FN4O.HI/c1-22-20(23-11-10-16-6-2-3-7-17(16)21)25-14-12-24(13-15-25)18-8-4-5-9-19(18)26;/h2-9,26H,10-15H2,1H3,(H,22,23);1H. The topological polar surface area (TPSA) is 51.1 Å². The average molecular weight is 484 g/mol. The Bertz CT molecular complexity index is 763. The fraction of sp³-hybridized carbons (Fsp3) is 0.350. The van der Waals surface area contributed by atoms with Crippen LogP contribution >= 0.6 is 24.0 Å². The van der Waals surface area contributed by atoms with E-state index in [1.807, 2.05) is 30.3 Å². The highest BCUT2D eigenvalue weighted by Crippen LogP contribution is 2.27. The molecule has 2 N–H and O–H groups in total. The lowest BCUT2D eigenvalue weighted by Crippen LogP contribution is -2.52. The molecule has 7 heteroatoms. The van der Waals surface area contributed by atoms with Gasteiger partial charge in [-0.05, 0) is 30.2 Å². The van der Waals surface area contributed by atoms with Crippen LogP contribution in [-0.2, 0) is 6.42 Å². The van der Waals surface area contributed by atoms with Gasteiger partial charge in [-0.15, -0.1) is 24.0 Å². The summed E-state index contributed by atoms with van der Waals surface area (Å²) in [6, 6.07) is 14.3. The number of benzene rings is 2. The molecule has 0 spiro atoms. The Hall–Kier alpha value is -2.03. The van der Waals surface area contributed by atoms with Crippen LogP contribution in [0.3, 0.4) is 0 Å². The first kappa shape index (κ1) is 21.3. The number of hydrogen-bond donors (Lipinski definition) is 2. The zero-order valence-corrected chi connectivity index (χ0v) is 17.8. The molecule has 1 heterocycles. The SMILES string of the molecule is CN=C(NCCc1ccccc1F)N1CCN(c2ccccc2O)CC1.I. The summed E-state index contributed by atoms with van der Waals surface area (Å²) in [4.78, 5) is 8.72. The second kappa shape index (κ2) is 10.3. The fourth-order valence-corrected chi connectivity index (χ4v) is 3.23. The number of para-hydroxylation sites is 2. The molecule has 1 aliphatic rings. The summed E-state index contributed by atoms with van der Waals surface area (Å²) in [5.74, 6) is 0.979. The predicted molar refractivity (Wildman–Crippen MR) is 119 cm³/mol. The van der Waals surface area contributed by atoms with E-state index in [1.54, 1.807) is 19.2 Å². The summed E-state index contributed by atoms with van der Waals surface area (Å²) in [5, 5.41) is 13.3. The van der Waals surface area contributed by atoms with E-state index in [2.05, 4.69) is 20.1 Å². The van der Waals surface area contributed by atoms with E-state index in [-0.39, 0.29) is 29.8 Å². The third-order valence-electron chi connectivity index (χ3n) is 4.65. The van der Waals surface area contributed by atoms with E-state index >= 15 is 0 Å². The van der Waals surface area contributed by atoms with Crippen LogP contribution in [0.4, 0.5) is 10.1 Å². The Morgan fingerprint density at radius 1 is 1.07 bits per heavy atom. The lowest BCUT2D eigenvalue weighted by Gasteiger charge is -2.37. The van der Waals surface area contributed by atoms with Crippen LogP contribution in [0, 0.1) is 5.82 Å². The molecule has 5 nitrogen and oxygen atoms in total. The monoisotopic (exact) mass is 484 g/mol. The normalized spacial score (nSPS) is 14.7. The highest BCUT2D eigenvalue weighted by atomic mass is 127. The Morgan fingerprint density at radius 2 is 1.74 bits per heavy atom. The number of halogens is 2. The average Bonchev–Trinajstić information content (AvgIpc) is 2.67. The molecule has 0 saturated carbocycles. The number of anilines is 1. The third-order valence-corrected chi connectivity index (χ3v) is 4.65. The number of piperazine rings is 1. The second-order valence-corrected chi connectivity index (χ2v) is 6.28. The number of rotatable bonds is 4. The van der Waals surface area contributed by atoms with Gasteiger partial charge in [0.15, 0.2) is 5.96 Å². The molecule has 0 unspecified atom stereocenters. The Labute approximate surface area is 176 Å². The summed E-state index contributed by atoms with van der Waals surface area (Å²) < 4.78 is 13.7. The molecule has 27 heavy (non-hydrogen) atoms. The molecule has 146 valence electrons. The fourth-order valence-electron chi connectivity index (χ4n) is 3.23. The maximum Gasteiger partial charge on any atom is 0.193 e. The smallest absolute Gasteiger partial charge is 0.193 e. The van der Waals surface area contributed by atoms with Crippen LogP contribution in [0.2, 0.25) is 0 Å². The number of phenolic OH excluding ortho intramolecular Hbond substituents is 1. The van der Waals surface area contributed by atoms with Crippen molar-refractivity contribution in [3.63, 3.8) is 0 Å². The summed E-state index contributed by atoms with van der Waals surface area (Å²) in [5.41, 5.74) is 1.58. The number of aromatic hydroxyl groups is 1. The number of hydrogen-bond acceptors (Lipinski definition) is 3. The molecule has 2 aromatic rings. The number of nitrogens with one attached hydrogen (secondary N) is 1. The van der Waals surface area contributed by atoms with Gasteiger partial charge >= 0.3 is 0 Å². The van der Waals surface area contributed by atoms with Gasteiger partial charge in [0, 0.05) is 39.8 Å². The van der Waals surface area contributed by atoms with Gasteiger partial charge in [-0.3, -0.25) is 4.99 Å². The number of nitrogens with zero attached hydrogens (tertiary/aromatic N) is 3. The van der Waals surface area contributed by atoms with Crippen LogP contribution in [0.1, 0.15) is 5.56 Å². The van der Waals surface area contributed by atoms with E-state index in [9.17, 15) is 9.50 Å². The molecule has 1 aliphatic heterocycles. The molecule has 0 aliphatic carbocycles. The zero-order valence-electron chi connectivity index (χ0n) is 15.4. The molecule has 0 atom stereocenters. The minimum absolute atomic E-state index is 0. The molecule has 3 rings (SSSR count). The van der Waals surface area contributed by atoms with Crippen molar-refractivity contribution in [2.75, 3.05) is 44.7 Å². The molecule has 1 saturated heterocycles. The van der Waals surface area contributed by atoms with Gasteiger partial charge < -0.3 is 20.2 Å². The lowest BCUT2D eigenvalue weighted by atomic mass is 10.1. The summed E-state index contributed by atoms with van der Waals surface area (Å²) in [7, 11) is 1.76. The quantitative estimate of drug-likeness (QED) is 0.398. The highest BCUT2D eigenvalue weighted by molar-refractivity contribution is 14.0. The Kier molecular flexibility index (Phi) is 8.15. The largest absolute Gasteiger partial charge is 0.506 e. The number of phenols is 1. The molecule has 0 bridgehead atoms. The first-order valence-electron chi connectivity index (χ1n) is 8.91. The van der Waals surface area contributed by atoms with E-state index in [0.29, 0.717) is 24.3 Å². The maximum absolute atomic E-state index is 13.7. The summed E-state index contributed by atoms with van der Waals surface area (Å²) >= 11 is 0. The number of guanidine groups is 1. The minimum atomic E-state index is -0.166. The predicted octanol–water partition coefficient (Wildman–Crippen LogP) is 3.09. The summed E-state index contributed by atoms with van der Waals surface area (Å²) in [6.07, 6.45) is 0.615. The minimum Gasteiger partial charge on any atom is -0.506 e. The van der Waals surface area contributed by atoms with Crippen LogP contribution in [-0.4, -0.2) is 55.7 Å². The molecule has 0 radical (unpaired) electrons. The van der Waals surface area contributed by atoms with Gasteiger partial charge in [0.25, 0.3) is 0 Å². The van der Waals surface area contributed by atoms with E-state index in [4.69, 9.17) is 0 Å². The van der Waals surface area contributed by atoms with Crippen molar-refractivity contribution in [3.8, 4) is 5.75 Å². The highest BCUT2D eigenvalue weighted by Gasteiger charge is 2.21. The maximum atomic E-state index is 13.7. The third kappa shape index (κ3) is 5.47. The van der Waals surface area contributed by atoms with Gasteiger partial charge in [-0.2, -0.15) is 0 Å². The van der Waals surface area contributed by atoms with E-state index in [0.717, 1.165) is 37.8 Å². The van der Waals surface area contributed by atoms with Crippen LogP contribution in [0.25, 0.3) is 0 Å².